The van der Waals surface area contributed by atoms with Crippen LogP contribution in [0, 0.1) is 0 Å². The van der Waals surface area contributed by atoms with Gasteiger partial charge in [-0.2, -0.15) is 0 Å². The van der Waals surface area contributed by atoms with Gasteiger partial charge in [-0.1, -0.05) is 133 Å². The summed E-state index contributed by atoms with van der Waals surface area (Å²) < 4.78 is 5.90. The van der Waals surface area contributed by atoms with Gasteiger partial charge in [0.05, 0.1) is 0 Å². The van der Waals surface area contributed by atoms with Gasteiger partial charge in [0.15, 0.2) is 0 Å². The summed E-state index contributed by atoms with van der Waals surface area (Å²) in [5, 5.41) is 3.03. The van der Waals surface area contributed by atoms with E-state index in [9.17, 15) is 4.79 Å². The average molecular weight is 445 g/mol. The minimum absolute atomic E-state index is 0.175. The first-order valence-corrected chi connectivity index (χ1v) is 12.2. The lowest BCUT2D eigenvalue weighted by atomic mass is 10.2. The Morgan fingerprint density at radius 3 is 1.35 bits per heavy atom. The molecule has 2 nitrogen and oxygen atoms in total. The van der Waals surface area contributed by atoms with Crippen LogP contribution in [0.1, 0.15) is 5.56 Å². The van der Waals surface area contributed by atoms with Crippen LogP contribution >= 0.6 is 18.5 Å². The second kappa shape index (κ2) is 9.83. The summed E-state index contributed by atoms with van der Waals surface area (Å²) in [4.78, 5) is 13.3. The van der Waals surface area contributed by atoms with Crippen molar-refractivity contribution in [3.8, 4) is 0 Å². The Hall–Kier alpha value is -3.06. The van der Waals surface area contributed by atoms with Gasteiger partial charge in [-0.3, -0.25) is 0 Å². The number of ether oxygens (including phenoxy) is 1. The van der Waals surface area contributed by atoms with Crippen molar-refractivity contribution in [1.29, 1.82) is 0 Å². The lowest BCUT2D eigenvalue weighted by Crippen LogP contribution is -2.32. The van der Waals surface area contributed by atoms with Gasteiger partial charge in [0, 0.05) is 6.89 Å². The number of halogens is 1. The van der Waals surface area contributed by atoms with Gasteiger partial charge in [0.1, 0.15) is 11.4 Å². The molecular weight excluding hydrogens is 423 g/mol. The normalized spacial score (nSPS) is 11.0. The fourth-order valence-electron chi connectivity index (χ4n) is 3.66. The van der Waals surface area contributed by atoms with E-state index in [2.05, 4.69) is 0 Å². The summed E-state index contributed by atoms with van der Waals surface area (Å²) in [5.74, 6) is -0.490. The van der Waals surface area contributed by atoms with Gasteiger partial charge in [-0.05, 0) is 21.5 Å². The highest BCUT2D eigenvalue weighted by atomic mass is 35.5. The van der Waals surface area contributed by atoms with Crippen LogP contribution in [0.5, 0.6) is 0 Å². The molecule has 0 heterocycles. The number of carbonyl (C=O) groups excluding carboxylic acids is 1. The third-order valence-corrected chi connectivity index (χ3v) is 10.0. The van der Waals surface area contributed by atoms with Crippen molar-refractivity contribution in [3.05, 3.63) is 127 Å². The number of hydrogen-bond donors (Lipinski definition) is 0. The van der Waals surface area contributed by atoms with Crippen LogP contribution in [0.3, 0.4) is 0 Å². The molecule has 4 rings (SSSR count). The van der Waals surface area contributed by atoms with Crippen LogP contribution in [-0.2, 0) is 16.1 Å². The quantitative estimate of drug-likeness (QED) is 0.306. The smallest absolute Gasteiger partial charge is 0.351 e. The van der Waals surface area contributed by atoms with Crippen LogP contribution in [0.2, 0.25) is 0 Å². The molecule has 0 aliphatic heterocycles. The van der Waals surface area contributed by atoms with E-state index >= 15 is 0 Å². The molecule has 0 aromatic heterocycles. The van der Waals surface area contributed by atoms with E-state index < -0.39 is 12.9 Å². The molecule has 4 heteroatoms. The molecule has 0 saturated heterocycles. The third-order valence-electron chi connectivity index (χ3n) is 5.11. The van der Waals surface area contributed by atoms with Gasteiger partial charge in [-0.25, -0.2) is 4.79 Å². The zero-order valence-electron chi connectivity index (χ0n) is 16.9. The molecule has 0 N–H and O–H groups in total. The van der Waals surface area contributed by atoms with E-state index in [1.54, 1.807) is 0 Å². The number of rotatable bonds is 6. The monoisotopic (exact) mass is 444 g/mol. The number of carbonyl (C=O) groups is 1. The van der Waals surface area contributed by atoms with Crippen LogP contribution < -0.4 is 15.9 Å². The first-order chi connectivity index (χ1) is 15.2. The minimum Gasteiger partial charge on any atom is -0.457 e. The molecule has 0 bridgehead atoms. The van der Waals surface area contributed by atoms with Crippen molar-refractivity contribution in [3.63, 3.8) is 0 Å². The summed E-state index contributed by atoms with van der Waals surface area (Å²) in [6.45, 7) is -2.44. The van der Waals surface area contributed by atoms with Gasteiger partial charge in [-0.15, -0.1) is 0 Å². The van der Waals surface area contributed by atoms with Crippen LogP contribution in [0.4, 0.5) is 0 Å². The van der Waals surface area contributed by atoms with Gasteiger partial charge in [0.25, 0.3) is 0 Å². The molecule has 0 saturated carbocycles. The lowest BCUT2D eigenvalue weighted by Gasteiger charge is -2.29. The fourth-order valence-corrected chi connectivity index (χ4v) is 8.37. The van der Waals surface area contributed by atoms with Crippen molar-refractivity contribution < 1.29 is 9.53 Å². The molecule has 0 unspecified atom stereocenters. The Kier molecular flexibility index (Phi) is 6.72. The zero-order chi connectivity index (χ0) is 21.5. The zero-order valence-corrected chi connectivity index (χ0v) is 18.5. The highest BCUT2D eigenvalue weighted by molar-refractivity contribution is 7.98. The summed E-state index contributed by atoms with van der Waals surface area (Å²) in [6, 6.07) is 39.7. The van der Waals surface area contributed by atoms with Crippen LogP contribution in [0.15, 0.2) is 121 Å². The van der Waals surface area contributed by atoms with Crippen molar-refractivity contribution in [2.45, 2.75) is 6.61 Å². The van der Waals surface area contributed by atoms with Crippen LogP contribution in [0.25, 0.3) is 0 Å². The van der Waals surface area contributed by atoms with Crippen molar-refractivity contribution in [2.75, 3.05) is 0 Å². The Morgan fingerprint density at radius 1 is 0.613 bits per heavy atom. The highest BCUT2D eigenvalue weighted by Gasteiger charge is 2.33. The number of benzene rings is 4. The van der Waals surface area contributed by atoms with Crippen molar-refractivity contribution >= 4 is 45.1 Å². The Balaban J connectivity index is 1.94. The molecule has 0 aliphatic rings. The third kappa shape index (κ3) is 4.37. The molecular formula is C27H22ClO2P. The first-order valence-electron chi connectivity index (χ1n) is 10.0. The number of esters is 1. The van der Waals surface area contributed by atoms with Gasteiger partial charge in [0.2, 0.25) is 0 Å². The number of hydrogen-bond acceptors (Lipinski definition) is 2. The van der Waals surface area contributed by atoms with E-state index in [-0.39, 0.29) is 11.4 Å². The summed E-state index contributed by atoms with van der Waals surface area (Å²) in [7, 11) is 0. The van der Waals surface area contributed by atoms with Crippen molar-refractivity contribution in [1.82, 2.24) is 0 Å². The molecule has 0 spiro atoms. The molecule has 0 amide bonds. The molecule has 4 aromatic rings. The maximum atomic E-state index is 13.3. The maximum absolute atomic E-state index is 13.3. The molecule has 31 heavy (non-hydrogen) atoms. The van der Waals surface area contributed by atoms with E-state index in [1.165, 1.54) is 0 Å². The topological polar surface area (TPSA) is 26.3 Å². The summed E-state index contributed by atoms with van der Waals surface area (Å²) in [6.07, 6.45) is 0. The molecule has 154 valence electrons. The van der Waals surface area contributed by atoms with Crippen LogP contribution in [-0.4, -0.2) is 10.7 Å². The Bertz CT molecular complexity index is 1090. The van der Waals surface area contributed by atoms with Gasteiger partial charge < -0.3 is 4.74 Å². The van der Waals surface area contributed by atoms with E-state index in [4.69, 9.17) is 16.3 Å². The van der Waals surface area contributed by atoms with E-state index in [0.717, 1.165) is 21.5 Å². The largest absolute Gasteiger partial charge is 0.457 e. The lowest BCUT2D eigenvalue weighted by molar-refractivity contribution is -0.136. The molecule has 0 atom stereocenters. The Morgan fingerprint density at radius 2 is 0.968 bits per heavy atom. The first kappa shape index (κ1) is 21.2. The molecule has 0 fully saturated rings. The predicted octanol–water partition coefficient (Wildman–Crippen LogP) is 5.09. The molecule has 0 aliphatic carbocycles. The second-order valence-corrected chi connectivity index (χ2v) is 11.0. The maximum Gasteiger partial charge on any atom is 0.351 e. The summed E-state index contributed by atoms with van der Waals surface area (Å²) >= 11 is 7.02. The average Bonchev–Trinajstić information content (AvgIpc) is 2.85. The summed E-state index contributed by atoms with van der Waals surface area (Å²) in [5.41, 5.74) is 0.920. The predicted molar refractivity (Wildman–Crippen MR) is 132 cm³/mol. The Labute approximate surface area is 188 Å². The second-order valence-electron chi connectivity index (χ2n) is 7.03. The standard InChI is InChI=1S/C27H22ClO2P/c28-26(27(29)30-21-22-13-5-1-6-14-22)31(23-15-7-2-8-16-23,24-17-9-3-10-18-24)25-19-11-4-12-20-25/h1-20H,21H2. The molecule has 4 aromatic carbocycles. The highest BCUT2D eigenvalue weighted by Crippen LogP contribution is 2.47. The minimum atomic E-state index is -2.61. The fraction of sp³-hybridized carbons (Fsp3) is 0.0370. The molecule has 0 radical (unpaired) electrons. The SMILES string of the molecule is O=C(OCc1ccccc1)C(Cl)=P(c1ccccc1)(c1ccccc1)c1ccccc1. The van der Waals surface area contributed by atoms with E-state index in [0.29, 0.717) is 0 Å². The van der Waals surface area contributed by atoms with E-state index in [1.807, 2.05) is 121 Å². The van der Waals surface area contributed by atoms with Gasteiger partial charge >= 0.3 is 5.97 Å². The van der Waals surface area contributed by atoms with Crippen molar-refractivity contribution in [2.24, 2.45) is 0 Å².